The SMILES string of the molecule is Cc1cc(/C=C2\SC(=O)N(Cc3ccccc3C#N)C2=O)c(C)n1-c1ccc(Cl)c(Cl)c1. The first-order valence-electron chi connectivity index (χ1n) is 9.68. The predicted molar refractivity (Wildman–Crippen MR) is 128 cm³/mol. The molecule has 0 spiro atoms. The van der Waals surface area contributed by atoms with Crippen molar-refractivity contribution in [3.05, 3.63) is 91.6 Å². The molecule has 0 unspecified atom stereocenters. The Morgan fingerprint density at radius 3 is 2.53 bits per heavy atom. The number of nitrogens with zero attached hydrogens (tertiary/aromatic N) is 3. The van der Waals surface area contributed by atoms with Gasteiger partial charge < -0.3 is 4.57 Å². The van der Waals surface area contributed by atoms with Crippen LogP contribution in [-0.4, -0.2) is 20.6 Å². The lowest BCUT2D eigenvalue weighted by Crippen LogP contribution is -2.27. The molecule has 1 fully saturated rings. The van der Waals surface area contributed by atoms with Crippen molar-refractivity contribution in [3.8, 4) is 11.8 Å². The zero-order valence-corrected chi connectivity index (χ0v) is 19.6. The summed E-state index contributed by atoms with van der Waals surface area (Å²) in [4.78, 5) is 27.0. The van der Waals surface area contributed by atoms with Gasteiger partial charge in [-0.15, -0.1) is 0 Å². The summed E-state index contributed by atoms with van der Waals surface area (Å²) in [6.07, 6.45) is 1.73. The number of hydrogen-bond acceptors (Lipinski definition) is 4. The Balaban J connectivity index is 1.65. The summed E-state index contributed by atoms with van der Waals surface area (Å²) in [6.45, 7) is 3.96. The van der Waals surface area contributed by atoms with Crippen LogP contribution in [-0.2, 0) is 11.3 Å². The summed E-state index contributed by atoms with van der Waals surface area (Å²) < 4.78 is 2.02. The van der Waals surface area contributed by atoms with Crippen LogP contribution in [0.15, 0.2) is 53.4 Å². The molecular formula is C24H17Cl2N3O2S. The molecule has 0 saturated carbocycles. The second-order valence-corrected chi connectivity index (χ2v) is 9.10. The van der Waals surface area contributed by atoms with Crippen LogP contribution in [0.5, 0.6) is 0 Å². The van der Waals surface area contributed by atoms with Crippen molar-refractivity contribution in [2.45, 2.75) is 20.4 Å². The van der Waals surface area contributed by atoms with Crippen LogP contribution in [0.25, 0.3) is 11.8 Å². The van der Waals surface area contributed by atoms with E-state index in [9.17, 15) is 14.9 Å². The average molecular weight is 482 g/mol. The summed E-state index contributed by atoms with van der Waals surface area (Å²) in [5.74, 6) is -0.368. The van der Waals surface area contributed by atoms with Crippen molar-refractivity contribution in [2.75, 3.05) is 0 Å². The maximum atomic E-state index is 13.0. The number of carbonyl (C=O) groups excluding carboxylic acids is 2. The minimum Gasteiger partial charge on any atom is -0.318 e. The quantitative estimate of drug-likeness (QED) is 0.398. The van der Waals surface area contributed by atoms with Crippen LogP contribution in [0.4, 0.5) is 4.79 Å². The Bertz CT molecular complexity index is 1340. The van der Waals surface area contributed by atoms with E-state index in [-0.39, 0.29) is 17.7 Å². The molecule has 5 nitrogen and oxygen atoms in total. The number of thioether (sulfide) groups is 1. The van der Waals surface area contributed by atoms with Gasteiger partial charge in [-0.1, -0.05) is 41.4 Å². The normalized spacial score (nSPS) is 15.0. The van der Waals surface area contributed by atoms with E-state index in [4.69, 9.17) is 23.2 Å². The summed E-state index contributed by atoms with van der Waals surface area (Å²) in [5.41, 5.74) is 4.63. The fraction of sp³-hybridized carbons (Fsp3) is 0.125. The molecule has 0 N–H and O–H groups in total. The maximum absolute atomic E-state index is 13.0. The van der Waals surface area contributed by atoms with Crippen molar-refractivity contribution in [1.29, 1.82) is 5.26 Å². The summed E-state index contributed by atoms with van der Waals surface area (Å²) in [7, 11) is 0. The Morgan fingerprint density at radius 2 is 1.81 bits per heavy atom. The lowest BCUT2D eigenvalue weighted by atomic mass is 10.1. The van der Waals surface area contributed by atoms with Crippen LogP contribution in [0.2, 0.25) is 10.0 Å². The highest BCUT2D eigenvalue weighted by Gasteiger charge is 2.35. The Hall–Kier alpha value is -2.98. The van der Waals surface area contributed by atoms with Crippen LogP contribution >= 0.6 is 35.0 Å². The van der Waals surface area contributed by atoms with Gasteiger partial charge >= 0.3 is 0 Å². The number of carbonyl (C=O) groups is 2. The number of amides is 2. The molecule has 1 aliphatic heterocycles. The number of hydrogen-bond donors (Lipinski definition) is 0. The van der Waals surface area contributed by atoms with Gasteiger partial charge in [0.25, 0.3) is 11.1 Å². The first kappa shape index (κ1) is 22.2. The highest BCUT2D eigenvalue weighted by molar-refractivity contribution is 8.18. The fourth-order valence-corrected chi connectivity index (χ4v) is 4.79. The number of imide groups is 1. The van der Waals surface area contributed by atoms with Gasteiger partial charge in [0.05, 0.1) is 33.1 Å². The third-order valence-electron chi connectivity index (χ3n) is 5.26. The molecule has 0 atom stereocenters. The number of benzene rings is 2. The number of halogens is 2. The first-order valence-corrected chi connectivity index (χ1v) is 11.2. The molecule has 0 aliphatic carbocycles. The molecule has 32 heavy (non-hydrogen) atoms. The molecule has 2 heterocycles. The zero-order chi connectivity index (χ0) is 23.0. The van der Waals surface area contributed by atoms with E-state index >= 15 is 0 Å². The predicted octanol–water partition coefficient (Wildman–Crippen LogP) is 6.51. The van der Waals surface area contributed by atoms with E-state index in [1.54, 1.807) is 42.5 Å². The van der Waals surface area contributed by atoms with Gasteiger partial charge in [-0.05, 0) is 73.1 Å². The molecule has 1 aliphatic rings. The molecule has 0 radical (unpaired) electrons. The summed E-state index contributed by atoms with van der Waals surface area (Å²) in [5, 5.41) is 9.86. The second kappa shape index (κ2) is 8.87. The molecule has 8 heteroatoms. The third-order valence-corrected chi connectivity index (χ3v) is 6.90. The fourth-order valence-electron chi connectivity index (χ4n) is 3.67. The molecule has 4 rings (SSSR count). The van der Waals surface area contributed by atoms with Crippen LogP contribution in [0, 0.1) is 25.2 Å². The number of aromatic nitrogens is 1. The second-order valence-electron chi connectivity index (χ2n) is 7.30. The smallest absolute Gasteiger partial charge is 0.293 e. The molecular weight excluding hydrogens is 465 g/mol. The molecule has 1 saturated heterocycles. The van der Waals surface area contributed by atoms with Crippen molar-refractivity contribution < 1.29 is 9.59 Å². The molecule has 0 bridgehead atoms. The number of rotatable bonds is 4. The monoisotopic (exact) mass is 481 g/mol. The minimum atomic E-state index is -0.368. The van der Waals surface area contributed by atoms with Gasteiger partial charge in [0.15, 0.2) is 0 Å². The van der Waals surface area contributed by atoms with Crippen LogP contribution in [0.1, 0.15) is 28.1 Å². The van der Waals surface area contributed by atoms with Gasteiger partial charge in [-0.25, -0.2) is 0 Å². The van der Waals surface area contributed by atoms with Gasteiger partial charge in [-0.2, -0.15) is 5.26 Å². The van der Waals surface area contributed by atoms with Crippen molar-refractivity contribution in [2.24, 2.45) is 0 Å². The lowest BCUT2D eigenvalue weighted by Gasteiger charge is -2.13. The van der Waals surface area contributed by atoms with Crippen molar-refractivity contribution >= 4 is 52.2 Å². The molecule has 2 amide bonds. The van der Waals surface area contributed by atoms with Crippen molar-refractivity contribution in [3.63, 3.8) is 0 Å². The maximum Gasteiger partial charge on any atom is 0.293 e. The highest BCUT2D eigenvalue weighted by atomic mass is 35.5. The van der Waals surface area contributed by atoms with E-state index in [1.807, 2.05) is 30.5 Å². The van der Waals surface area contributed by atoms with Crippen molar-refractivity contribution in [1.82, 2.24) is 9.47 Å². The first-order chi connectivity index (χ1) is 15.3. The Labute approximate surface area is 199 Å². The van der Waals surface area contributed by atoms with E-state index in [2.05, 4.69) is 6.07 Å². The highest BCUT2D eigenvalue weighted by Crippen LogP contribution is 2.35. The van der Waals surface area contributed by atoms with Gasteiger partial charge in [0.2, 0.25) is 0 Å². The Kier molecular flexibility index (Phi) is 6.16. The third kappa shape index (κ3) is 4.07. The van der Waals surface area contributed by atoms with E-state index < -0.39 is 0 Å². The van der Waals surface area contributed by atoms with Gasteiger partial charge in [-0.3, -0.25) is 14.5 Å². The van der Waals surface area contributed by atoms with Crippen LogP contribution < -0.4 is 0 Å². The standard InChI is InChI=1S/C24H17Cl2N3O2S/c1-14-9-18(15(2)29(14)19-7-8-20(25)21(26)11-19)10-22-23(30)28(24(31)32-22)13-17-6-4-3-5-16(17)12-27/h3-11H,13H2,1-2H3/b22-10-. The molecule has 2 aromatic carbocycles. The zero-order valence-electron chi connectivity index (χ0n) is 17.2. The van der Waals surface area contributed by atoms with Gasteiger partial charge in [0, 0.05) is 17.1 Å². The lowest BCUT2D eigenvalue weighted by molar-refractivity contribution is -0.123. The molecule has 1 aromatic heterocycles. The van der Waals surface area contributed by atoms with E-state index in [0.717, 1.165) is 34.4 Å². The minimum absolute atomic E-state index is 0.0635. The molecule has 160 valence electrons. The summed E-state index contributed by atoms with van der Waals surface area (Å²) in [6, 6.07) is 16.4. The average Bonchev–Trinajstić information content (AvgIpc) is 3.20. The number of aryl methyl sites for hydroxylation is 1. The van der Waals surface area contributed by atoms with E-state index in [0.29, 0.717) is 26.1 Å². The molecule has 3 aromatic rings. The van der Waals surface area contributed by atoms with E-state index in [1.165, 1.54) is 4.90 Å². The largest absolute Gasteiger partial charge is 0.318 e. The number of nitriles is 1. The van der Waals surface area contributed by atoms with Gasteiger partial charge in [0.1, 0.15) is 0 Å². The Morgan fingerprint density at radius 1 is 1.06 bits per heavy atom. The summed E-state index contributed by atoms with van der Waals surface area (Å²) >= 11 is 13.1. The van der Waals surface area contributed by atoms with Crippen LogP contribution in [0.3, 0.4) is 0 Å². The topological polar surface area (TPSA) is 66.1 Å².